The maximum atomic E-state index is 14.0. The Morgan fingerprint density at radius 1 is 0.938 bits per heavy atom. The van der Waals surface area contributed by atoms with Gasteiger partial charge in [-0.3, -0.25) is 9.69 Å². The van der Waals surface area contributed by atoms with Crippen LogP contribution in [0.1, 0.15) is 27.9 Å². The molecule has 3 aromatic rings. The average Bonchev–Trinajstić information content (AvgIpc) is 2.81. The zero-order valence-electron chi connectivity index (χ0n) is 17.4. The van der Waals surface area contributed by atoms with Crippen molar-refractivity contribution in [3.63, 3.8) is 0 Å². The SMILES string of the molecule is O=C(NCc1ccccc1Cl)c1ccc(N2CCCN(Cc3ccccc3F)C2=O)cc1. The van der Waals surface area contributed by atoms with E-state index in [1.807, 2.05) is 18.2 Å². The molecule has 5 nitrogen and oxygen atoms in total. The van der Waals surface area contributed by atoms with E-state index < -0.39 is 0 Å². The lowest BCUT2D eigenvalue weighted by atomic mass is 10.1. The molecule has 0 bridgehead atoms. The van der Waals surface area contributed by atoms with Crippen molar-refractivity contribution in [1.82, 2.24) is 10.2 Å². The molecule has 32 heavy (non-hydrogen) atoms. The second-order valence-electron chi connectivity index (χ2n) is 7.62. The van der Waals surface area contributed by atoms with Gasteiger partial charge in [0.1, 0.15) is 5.82 Å². The molecule has 7 heteroatoms. The number of urea groups is 1. The summed E-state index contributed by atoms with van der Waals surface area (Å²) in [6.45, 7) is 1.71. The third kappa shape index (κ3) is 4.92. The highest BCUT2D eigenvalue weighted by atomic mass is 35.5. The Labute approximate surface area is 191 Å². The van der Waals surface area contributed by atoms with Gasteiger partial charge in [0.2, 0.25) is 0 Å². The quantitative estimate of drug-likeness (QED) is 0.557. The second-order valence-corrected chi connectivity index (χ2v) is 8.03. The molecule has 0 spiro atoms. The number of hydrogen-bond acceptors (Lipinski definition) is 2. The van der Waals surface area contributed by atoms with E-state index in [4.69, 9.17) is 11.6 Å². The number of nitrogens with one attached hydrogen (secondary N) is 1. The Morgan fingerprint density at radius 3 is 2.34 bits per heavy atom. The van der Waals surface area contributed by atoms with E-state index in [-0.39, 0.29) is 24.3 Å². The van der Waals surface area contributed by atoms with Crippen LogP contribution in [-0.4, -0.2) is 29.9 Å². The van der Waals surface area contributed by atoms with E-state index in [1.54, 1.807) is 58.3 Å². The van der Waals surface area contributed by atoms with Crippen molar-refractivity contribution in [3.05, 3.63) is 100 Å². The topological polar surface area (TPSA) is 52.7 Å². The van der Waals surface area contributed by atoms with Crippen LogP contribution in [0.15, 0.2) is 72.8 Å². The number of anilines is 1. The lowest BCUT2D eigenvalue weighted by Crippen LogP contribution is -2.49. The highest BCUT2D eigenvalue weighted by molar-refractivity contribution is 6.31. The predicted molar refractivity (Wildman–Crippen MR) is 123 cm³/mol. The summed E-state index contributed by atoms with van der Waals surface area (Å²) >= 11 is 6.13. The molecule has 3 amide bonds. The van der Waals surface area contributed by atoms with Crippen LogP contribution in [0, 0.1) is 5.82 Å². The lowest BCUT2D eigenvalue weighted by Gasteiger charge is -2.35. The van der Waals surface area contributed by atoms with Crippen LogP contribution in [0.25, 0.3) is 0 Å². The zero-order valence-corrected chi connectivity index (χ0v) is 18.2. The van der Waals surface area contributed by atoms with Crippen molar-refractivity contribution in [2.24, 2.45) is 0 Å². The molecular formula is C25H23ClFN3O2. The summed E-state index contributed by atoms with van der Waals surface area (Å²) in [7, 11) is 0. The molecule has 1 N–H and O–H groups in total. The molecule has 1 aliphatic rings. The normalized spacial score (nSPS) is 13.9. The minimum Gasteiger partial charge on any atom is -0.348 e. The van der Waals surface area contributed by atoms with Crippen molar-refractivity contribution in [2.45, 2.75) is 19.5 Å². The Kier molecular flexibility index (Phi) is 6.71. The molecule has 0 aliphatic carbocycles. The first-order valence-corrected chi connectivity index (χ1v) is 10.8. The van der Waals surface area contributed by atoms with Gasteiger partial charge < -0.3 is 10.2 Å². The summed E-state index contributed by atoms with van der Waals surface area (Å²) in [5.41, 5.74) is 2.53. The van der Waals surface area contributed by atoms with Gasteiger partial charge in [0.05, 0.1) is 6.54 Å². The molecule has 1 fully saturated rings. The largest absolute Gasteiger partial charge is 0.348 e. The van der Waals surface area contributed by atoms with Gasteiger partial charge >= 0.3 is 6.03 Å². The third-order valence-corrected chi connectivity index (χ3v) is 5.84. The summed E-state index contributed by atoms with van der Waals surface area (Å²) < 4.78 is 14.0. The van der Waals surface area contributed by atoms with E-state index >= 15 is 0 Å². The first kappa shape index (κ1) is 21.8. The standard InChI is InChI=1S/C25H23ClFN3O2/c26-22-8-3-1-6-19(22)16-28-24(31)18-10-12-21(13-11-18)30-15-5-14-29(25(30)32)17-20-7-2-4-9-23(20)27/h1-4,6-13H,5,14-17H2,(H,28,31). The van der Waals surface area contributed by atoms with E-state index in [0.29, 0.717) is 41.5 Å². The maximum absolute atomic E-state index is 14.0. The first-order valence-electron chi connectivity index (χ1n) is 10.4. The molecule has 0 radical (unpaired) electrons. The molecule has 1 aliphatic heterocycles. The van der Waals surface area contributed by atoms with Crippen molar-refractivity contribution in [2.75, 3.05) is 18.0 Å². The van der Waals surface area contributed by atoms with E-state index in [1.165, 1.54) is 6.07 Å². The van der Waals surface area contributed by atoms with E-state index in [9.17, 15) is 14.0 Å². The Balaban J connectivity index is 1.40. The smallest absolute Gasteiger partial charge is 0.324 e. The molecule has 0 atom stereocenters. The molecule has 0 aromatic heterocycles. The van der Waals surface area contributed by atoms with E-state index in [2.05, 4.69) is 5.32 Å². The predicted octanol–water partition coefficient (Wildman–Crippen LogP) is 5.24. The molecular weight excluding hydrogens is 429 g/mol. The van der Waals surface area contributed by atoms with Gasteiger partial charge in [0, 0.05) is 41.5 Å². The van der Waals surface area contributed by atoms with Crippen molar-refractivity contribution in [3.8, 4) is 0 Å². The van der Waals surface area contributed by atoms with E-state index in [0.717, 1.165) is 12.0 Å². The minimum absolute atomic E-state index is 0.171. The Bertz CT molecular complexity index is 1120. The van der Waals surface area contributed by atoms with Crippen LogP contribution < -0.4 is 10.2 Å². The van der Waals surface area contributed by atoms with Crippen LogP contribution in [0.3, 0.4) is 0 Å². The first-order chi connectivity index (χ1) is 15.5. The van der Waals surface area contributed by atoms with Crippen molar-refractivity contribution < 1.29 is 14.0 Å². The fourth-order valence-electron chi connectivity index (χ4n) is 3.71. The molecule has 1 heterocycles. The van der Waals surface area contributed by atoms with Crippen LogP contribution in [-0.2, 0) is 13.1 Å². The summed E-state index contributed by atoms with van der Waals surface area (Å²) in [5, 5.41) is 3.46. The van der Waals surface area contributed by atoms with Crippen molar-refractivity contribution in [1.29, 1.82) is 0 Å². The van der Waals surface area contributed by atoms with Crippen LogP contribution in [0.2, 0.25) is 5.02 Å². The Hall–Kier alpha value is -3.38. The van der Waals surface area contributed by atoms with Gasteiger partial charge in [-0.05, 0) is 48.4 Å². The van der Waals surface area contributed by atoms with Gasteiger partial charge in [-0.25, -0.2) is 9.18 Å². The highest BCUT2D eigenvalue weighted by Crippen LogP contribution is 2.23. The van der Waals surface area contributed by atoms with Gasteiger partial charge in [-0.2, -0.15) is 0 Å². The number of hydrogen-bond donors (Lipinski definition) is 1. The fraction of sp³-hybridized carbons (Fsp3) is 0.200. The molecule has 3 aromatic carbocycles. The summed E-state index contributed by atoms with van der Waals surface area (Å²) in [5.74, 6) is -0.535. The molecule has 164 valence electrons. The number of amides is 3. The van der Waals surface area contributed by atoms with Gasteiger partial charge in [0.25, 0.3) is 5.91 Å². The molecule has 1 saturated heterocycles. The van der Waals surface area contributed by atoms with Crippen LogP contribution >= 0.6 is 11.6 Å². The zero-order chi connectivity index (χ0) is 22.5. The summed E-state index contributed by atoms with van der Waals surface area (Å²) in [4.78, 5) is 28.8. The molecule has 4 rings (SSSR count). The molecule has 0 unspecified atom stereocenters. The second kappa shape index (κ2) is 9.83. The van der Waals surface area contributed by atoms with Crippen molar-refractivity contribution >= 4 is 29.2 Å². The number of halogens is 2. The number of carbonyl (C=O) groups is 2. The monoisotopic (exact) mass is 451 g/mol. The minimum atomic E-state index is -0.315. The lowest BCUT2D eigenvalue weighted by molar-refractivity contribution is 0.0951. The Morgan fingerprint density at radius 2 is 1.62 bits per heavy atom. The average molecular weight is 452 g/mol. The summed E-state index contributed by atoms with van der Waals surface area (Å²) in [6, 6.07) is 20.6. The van der Waals surface area contributed by atoms with Gasteiger partial charge in [-0.1, -0.05) is 48.0 Å². The van der Waals surface area contributed by atoms with Crippen LogP contribution in [0.5, 0.6) is 0 Å². The summed E-state index contributed by atoms with van der Waals surface area (Å²) in [6.07, 6.45) is 0.778. The van der Waals surface area contributed by atoms with Gasteiger partial charge in [0.15, 0.2) is 0 Å². The van der Waals surface area contributed by atoms with Gasteiger partial charge in [-0.15, -0.1) is 0 Å². The maximum Gasteiger partial charge on any atom is 0.324 e. The fourth-order valence-corrected chi connectivity index (χ4v) is 3.91. The third-order valence-electron chi connectivity index (χ3n) is 5.47. The number of rotatable bonds is 6. The number of nitrogens with zero attached hydrogens (tertiary/aromatic N) is 2. The number of carbonyl (C=O) groups excluding carboxylic acids is 2. The highest BCUT2D eigenvalue weighted by Gasteiger charge is 2.27. The number of benzene rings is 3. The van der Waals surface area contributed by atoms with Crippen LogP contribution in [0.4, 0.5) is 14.9 Å². The molecule has 0 saturated carbocycles.